The number of carbonyl (C=O) groups is 1. The maximum absolute atomic E-state index is 10.9. The van der Waals surface area contributed by atoms with Gasteiger partial charge in [-0.2, -0.15) is 0 Å². The molecule has 2 atom stereocenters. The fourth-order valence-electron chi connectivity index (χ4n) is 1.51. The molecule has 2 bridgehead atoms. The zero-order valence-electron chi connectivity index (χ0n) is 5.13. The lowest BCUT2D eigenvalue weighted by atomic mass is 9.97. The van der Waals surface area contributed by atoms with Crippen LogP contribution in [0.4, 0.5) is 0 Å². The standard InChI is InChI=1S/C7H9NO/c9-7-5-2-1-3-6(4-5)8-7/h1-2,5-6H,3-4H2,(H,8,9)/t5-,6+/m1/s1. The zero-order valence-corrected chi connectivity index (χ0v) is 5.13. The van der Waals surface area contributed by atoms with Crippen molar-refractivity contribution in [2.75, 3.05) is 0 Å². The Bertz CT molecular complexity index is 174. The van der Waals surface area contributed by atoms with E-state index in [1.165, 1.54) is 0 Å². The lowest BCUT2D eigenvalue weighted by Crippen LogP contribution is -2.24. The van der Waals surface area contributed by atoms with Crippen LogP contribution in [0.1, 0.15) is 12.8 Å². The number of fused-ring (bicyclic) bond motifs is 2. The van der Waals surface area contributed by atoms with Crippen LogP contribution in [-0.2, 0) is 4.79 Å². The highest BCUT2D eigenvalue weighted by molar-refractivity contribution is 5.83. The highest BCUT2D eigenvalue weighted by atomic mass is 16.2. The number of rotatable bonds is 0. The molecule has 2 heteroatoms. The maximum atomic E-state index is 10.9. The van der Waals surface area contributed by atoms with Gasteiger partial charge in [-0.25, -0.2) is 0 Å². The summed E-state index contributed by atoms with van der Waals surface area (Å²) in [4.78, 5) is 10.9. The van der Waals surface area contributed by atoms with Crippen molar-refractivity contribution in [1.29, 1.82) is 0 Å². The first-order valence-corrected chi connectivity index (χ1v) is 3.33. The molecule has 9 heavy (non-hydrogen) atoms. The van der Waals surface area contributed by atoms with Gasteiger partial charge in [-0.3, -0.25) is 4.79 Å². The van der Waals surface area contributed by atoms with E-state index in [-0.39, 0.29) is 11.8 Å². The van der Waals surface area contributed by atoms with Gasteiger partial charge in [-0.15, -0.1) is 0 Å². The Morgan fingerprint density at radius 3 is 3.22 bits per heavy atom. The third kappa shape index (κ3) is 0.661. The van der Waals surface area contributed by atoms with E-state index in [1.54, 1.807) is 0 Å². The highest BCUT2D eigenvalue weighted by Gasteiger charge is 2.31. The van der Waals surface area contributed by atoms with Crippen LogP contribution >= 0.6 is 0 Å². The quantitative estimate of drug-likeness (QED) is 0.465. The first-order chi connectivity index (χ1) is 4.36. The van der Waals surface area contributed by atoms with Crippen LogP contribution < -0.4 is 5.32 Å². The molecule has 2 aliphatic rings. The Balaban J connectivity index is 2.27. The average molecular weight is 123 g/mol. The van der Waals surface area contributed by atoms with Crippen LogP contribution in [0, 0.1) is 5.92 Å². The third-order valence-corrected chi connectivity index (χ3v) is 2.01. The Morgan fingerprint density at radius 1 is 1.67 bits per heavy atom. The predicted octanol–water partition coefficient (Wildman–Crippen LogP) is 0.451. The van der Waals surface area contributed by atoms with Crippen LogP contribution in [-0.4, -0.2) is 11.9 Å². The molecule has 0 radical (unpaired) electrons. The molecule has 1 aliphatic heterocycles. The lowest BCUT2D eigenvalue weighted by molar-refractivity contribution is -0.121. The molecule has 1 fully saturated rings. The van der Waals surface area contributed by atoms with Gasteiger partial charge in [0, 0.05) is 6.04 Å². The third-order valence-electron chi connectivity index (χ3n) is 2.01. The summed E-state index contributed by atoms with van der Waals surface area (Å²) in [7, 11) is 0. The molecule has 0 saturated carbocycles. The molecule has 2 rings (SSSR count). The van der Waals surface area contributed by atoms with Crippen molar-refractivity contribution >= 4 is 5.91 Å². The van der Waals surface area contributed by atoms with Gasteiger partial charge in [-0.1, -0.05) is 12.2 Å². The SMILES string of the molecule is O=C1N[C@H]2CC=C[C@@H]1C2. The second-order valence-electron chi connectivity index (χ2n) is 2.71. The summed E-state index contributed by atoms with van der Waals surface area (Å²) < 4.78 is 0. The molecule has 1 heterocycles. The van der Waals surface area contributed by atoms with E-state index in [1.807, 2.05) is 6.08 Å². The van der Waals surface area contributed by atoms with E-state index in [2.05, 4.69) is 11.4 Å². The van der Waals surface area contributed by atoms with Gasteiger partial charge >= 0.3 is 0 Å². The van der Waals surface area contributed by atoms with Crippen molar-refractivity contribution in [2.24, 2.45) is 5.92 Å². The number of carbonyl (C=O) groups excluding carboxylic acids is 1. The van der Waals surface area contributed by atoms with E-state index < -0.39 is 0 Å². The van der Waals surface area contributed by atoms with Crippen LogP contribution in [0.15, 0.2) is 12.2 Å². The molecule has 1 aliphatic carbocycles. The van der Waals surface area contributed by atoms with E-state index in [0.29, 0.717) is 6.04 Å². The van der Waals surface area contributed by atoms with E-state index in [4.69, 9.17) is 0 Å². The Hall–Kier alpha value is -0.790. The molecule has 0 aromatic carbocycles. The van der Waals surface area contributed by atoms with Crippen LogP contribution in [0.25, 0.3) is 0 Å². The van der Waals surface area contributed by atoms with Gasteiger partial charge < -0.3 is 5.32 Å². The summed E-state index contributed by atoms with van der Waals surface area (Å²) in [5.41, 5.74) is 0. The number of amides is 1. The summed E-state index contributed by atoms with van der Waals surface area (Å²) in [6.45, 7) is 0. The second kappa shape index (κ2) is 1.59. The lowest BCUT2D eigenvalue weighted by Gasteiger charge is -2.07. The fraction of sp³-hybridized carbons (Fsp3) is 0.571. The van der Waals surface area contributed by atoms with Gasteiger partial charge in [0.2, 0.25) is 5.91 Å². The van der Waals surface area contributed by atoms with Crippen LogP contribution in [0.2, 0.25) is 0 Å². The summed E-state index contributed by atoms with van der Waals surface area (Å²) in [5.74, 6) is 0.414. The van der Waals surface area contributed by atoms with Crippen molar-refractivity contribution < 1.29 is 4.79 Å². The van der Waals surface area contributed by atoms with E-state index in [9.17, 15) is 4.79 Å². The molecule has 0 aromatic heterocycles. The first-order valence-electron chi connectivity index (χ1n) is 3.33. The molecule has 0 spiro atoms. The van der Waals surface area contributed by atoms with Crippen LogP contribution in [0.5, 0.6) is 0 Å². The number of nitrogens with one attached hydrogen (secondary N) is 1. The molecular weight excluding hydrogens is 114 g/mol. The van der Waals surface area contributed by atoms with Gasteiger partial charge in [0.1, 0.15) is 0 Å². The minimum absolute atomic E-state index is 0.198. The largest absolute Gasteiger partial charge is 0.353 e. The van der Waals surface area contributed by atoms with Crippen LogP contribution in [0.3, 0.4) is 0 Å². The molecule has 2 nitrogen and oxygen atoms in total. The fourth-order valence-corrected chi connectivity index (χ4v) is 1.51. The summed E-state index contributed by atoms with van der Waals surface area (Å²) >= 11 is 0. The minimum Gasteiger partial charge on any atom is -0.353 e. The van der Waals surface area contributed by atoms with Gasteiger partial charge in [-0.05, 0) is 12.8 Å². The summed E-state index contributed by atoms with van der Waals surface area (Å²) in [6.07, 6.45) is 6.16. The Labute approximate surface area is 53.9 Å². The smallest absolute Gasteiger partial charge is 0.227 e. The minimum atomic E-state index is 0.198. The van der Waals surface area contributed by atoms with Gasteiger partial charge in [0.25, 0.3) is 0 Å². The van der Waals surface area contributed by atoms with Crippen molar-refractivity contribution in [3.05, 3.63) is 12.2 Å². The Morgan fingerprint density at radius 2 is 2.56 bits per heavy atom. The first kappa shape index (κ1) is 5.03. The number of hydrogen-bond acceptors (Lipinski definition) is 1. The monoisotopic (exact) mass is 123 g/mol. The second-order valence-corrected chi connectivity index (χ2v) is 2.71. The zero-order chi connectivity index (χ0) is 6.27. The molecule has 48 valence electrons. The van der Waals surface area contributed by atoms with Gasteiger partial charge in [0.15, 0.2) is 0 Å². The summed E-state index contributed by atoms with van der Waals surface area (Å²) in [6, 6.07) is 0.451. The number of hydrogen-bond donors (Lipinski definition) is 1. The van der Waals surface area contributed by atoms with E-state index in [0.717, 1.165) is 12.8 Å². The molecular formula is C7H9NO. The average Bonchev–Trinajstić information content (AvgIpc) is 2.09. The normalized spacial score (nSPS) is 38.9. The maximum Gasteiger partial charge on any atom is 0.227 e. The molecule has 0 unspecified atom stereocenters. The van der Waals surface area contributed by atoms with Crippen molar-refractivity contribution in [2.45, 2.75) is 18.9 Å². The topological polar surface area (TPSA) is 29.1 Å². The molecule has 1 amide bonds. The summed E-state index contributed by atoms with van der Waals surface area (Å²) in [5, 5.41) is 2.91. The Kier molecular flexibility index (Phi) is 0.891. The molecule has 1 saturated heterocycles. The van der Waals surface area contributed by atoms with Crippen molar-refractivity contribution in [3.8, 4) is 0 Å². The molecule has 1 N–H and O–H groups in total. The highest BCUT2D eigenvalue weighted by Crippen LogP contribution is 2.23. The predicted molar refractivity (Wildman–Crippen MR) is 33.8 cm³/mol. The molecule has 0 aromatic rings. The van der Waals surface area contributed by atoms with E-state index >= 15 is 0 Å². The van der Waals surface area contributed by atoms with Crippen molar-refractivity contribution in [1.82, 2.24) is 5.32 Å². The van der Waals surface area contributed by atoms with Crippen molar-refractivity contribution in [3.63, 3.8) is 0 Å². The van der Waals surface area contributed by atoms with Gasteiger partial charge in [0.05, 0.1) is 5.92 Å².